The Hall–Kier alpha value is -1.75. The second kappa shape index (κ2) is 6.61. The van der Waals surface area contributed by atoms with E-state index in [2.05, 4.69) is 4.90 Å². The molecule has 110 valence electrons. The number of carbonyl (C=O) groups excluding carboxylic acids is 1. The SMILES string of the molecule is COc1ccc(C(=O)N(C)CCN2CCCC2)c(N)c1. The molecule has 2 rings (SSSR count). The second-order valence-electron chi connectivity index (χ2n) is 5.23. The van der Waals surface area contributed by atoms with E-state index in [0.717, 1.165) is 26.2 Å². The number of amides is 1. The highest BCUT2D eigenvalue weighted by atomic mass is 16.5. The average Bonchev–Trinajstić information content (AvgIpc) is 2.97. The van der Waals surface area contributed by atoms with E-state index in [1.54, 1.807) is 30.2 Å². The molecule has 1 amide bonds. The van der Waals surface area contributed by atoms with Crippen LogP contribution in [0.15, 0.2) is 18.2 Å². The van der Waals surface area contributed by atoms with Gasteiger partial charge in [0.1, 0.15) is 5.75 Å². The molecule has 0 aromatic heterocycles. The molecule has 5 heteroatoms. The number of hydrogen-bond acceptors (Lipinski definition) is 4. The smallest absolute Gasteiger partial charge is 0.255 e. The first-order valence-corrected chi connectivity index (χ1v) is 7.03. The number of rotatable bonds is 5. The summed E-state index contributed by atoms with van der Waals surface area (Å²) >= 11 is 0. The minimum absolute atomic E-state index is 0.0376. The number of ether oxygens (including phenoxy) is 1. The first-order chi connectivity index (χ1) is 9.61. The summed E-state index contributed by atoms with van der Waals surface area (Å²) in [6.45, 7) is 3.95. The number of hydrogen-bond donors (Lipinski definition) is 1. The Labute approximate surface area is 120 Å². The Morgan fingerprint density at radius 2 is 2.10 bits per heavy atom. The number of likely N-dealkylation sites (N-methyl/N-ethyl adjacent to an activating group) is 1. The molecule has 0 aliphatic carbocycles. The van der Waals surface area contributed by atoms with Crippen molar-refractivity contribution in [2.75, 3.05) is 46.1 Å². The molecule has 0 bridgehead atoms. The van der Waals surface area contributed by atoms with Gasteiger partial charge >= 0.3 is 0 Å². The van der Waals surface area contributed by atoms with Crippen molar-refractivity contribution in [2.45, 2.75) is 12.8 Å². The lowest BCUT2D eigenvalue weighted by Gasteiger charge is -2.22. The highest BCUT2D eigenvalue weighted by Crippen LogP contribution is 2.20. The maximum absolute atomic E-state index is 12.4. The molecular weight excluding hydrogens is 254 g/mol. The Bertz CT molecular complexity index is 470. The summed E-state index contributed by atoms with van der Waals surface area (Å²) in [4.78, 5) is 16.5. The summed E-state index contributed by atoms with van der Waals surface area (Å²) in [6.07, 6.45) is 2.53. The Morgan fingerprint density at radius 1 is 1.40 bits per heavy atom. The van der Waals surface area contributed by atoms with Crippen LogP contribution in [0.4, 0.5) is 5.69 Å². The highest BCUT2D eigenvalue weighted by molar-refractivity contribution is 5.99. The molecule has 20 heavy (non-hydrogen) atoms. The van der Waals surface area contributed by atoms with Crippen LogP contribution >= 0.6 is 0 Å². The number of nitrogens with zero attached hydrogens (tertiary/aromatic N) is 2. The van der Waals surface area contributed by atoms with Gasteiger partial charge in [-0.05, 0) is 38.1 Å². The summed E-state index contributed by atoms with van der Waals surface area (Å²) in [6, 6.07) is 5.17. The fourth-order valence-electron chi connectivity index (χ4n) is 2.47. The minimum Gasteiger partial charge on any atom is -0.497 e. The van der Waals surface area contributed by atoms with Gasteiger partial charge in [-0.3, -0.25) is 4.79 Å². The molecule has 1 aromatic rings. The van der Waals surface area contributed by atoms with Crippen molar-refractivity contribution >= 4 is 11.6 Å². The van der Waals surface area contributed by atoms with Crippen LogP contribution in [0.5, 0.6) is 5.75 Å². The fourth-order valence-corrected chi connectivity index (χ4v) is 2.47. The van der Waals surface area contributed by atoms with Gasteiger partial charge < -0.3 is 20.3 Å². The molecule has 1 fully saturated rings. The molecule has 0 spiro atoms. The van der Waals surface area contributed by atoms with E-state index in [0.29, 0.717) is 17.0 Å². The molecule has 1 aromatic carbocycles. The van der Waals surface area contributed by atoms with Crippen molar-refractivity contribution in [1.29, 1.82) is 0 Å². The molecule has 0 saturated carbocycles. The number of nitrogens with two attached hydrogens (primary N) is 1. The van der Waals surface area contributed by atoms with Crippen LogP contribution in [-0.2, 0) is 0 Å². The topological polar surface area (TPSA) is 58.8 Å². The fraction of sp³-hybridized carbons (Fsp3) is 0.533. The molecule has 1 saturated heterocycles. The van der Waals surface area contributed by atoms with Gasteiger partial charge in [0.25, 0.3) is 5.91 Å². The van der Waals surface area contributed by atoms with Crippen LogP contribution in [0, 0.1) is 0 Å². The maximum atomic E-state index is 12.4. The van der Waals surface area contributed by atoms with Crippen molar-refractivity contribution in [1.82, 2.24) is 9.80 Å². The largest absolute Gasteiger partial charge is 0.497 e. The van der Waals surface area contributed by atoms with Gasteiger partial charge in [0.05, 0.1) is 12.7 Å². The minimum atomic E-state index is -0.0376. The Balaban J connectivity index is 1.95. The van der Waals surface area contributed by atoms with E-state index < -0.39 is 0 Å². The third-order valence-corrected chi connectivity index (χ3v) is 3.79. The van der Waals surface area contributed by atoms with Crippen molar-refractivity contribution in [3.05, 3.63) is 23.8 Å². The Kier molecular flexibility index (Phi) is 4.84. The van der Waals surface area contributed by atoms with Gasteiger partial charge in [0, 0.05) is 31.9 Å². The first kappa shape index (κ1) is 14.7. The number of likely N-dealkylation sites (tertiary alicyclic amines) is 1. The van der Waals surface area contributed by atoms with Crippen molar-refractivity contribution < 1.29 is 9.53 Å². The van der Waals surface area contributed by atoms with Crippen LogP contribution in [0.1, 0.15) is 23.2 Å². The molecule has 5 nitrogen and oxygen atoms in total. The predicted octanol–water partition coefficient (Wildman–Crippen LogP) is 1.45. The van der Waals surface area contributed by atoms with Gasteiger partial charge in [-0.1, -0.05) is 0 Å². The van der Waals surface area contributed by atoms with Gasteiger partial charge in [-0.15, -0.1) is 0 Å². The van der Waals surface area contributed by atoms with E-state index in [9.17, 15) is 4.79 Å². The monoisotopic (exact) mass is 277 g/mol. The summed E-state index contributed by atoms with van der Waals surface area (Å²) in [5.74, 6) is 0.628. The van der Waals surface area contributed by atoms with E-state index >= 15 is 0 Å². The van der Waals surface area contributed by atoms with Crippen LogP contribution in [-0.4, -0.2) is 56.0 Å². The first-order valence-electron chi connectivity index (χ1n) is 7.03. The Morgan fingerprint density at radius 3 is 2.70 bits per heavy atom. The third-order valence-electron chi connectivity index (χ3n) is 3.79. The summed E-state index contributed by atoms with van der Waals surface area (Å²) in [5.41, 5.74) is 6.91. The lowest BCUT2D eigenvalue weighted by Crippen LogP contribution is -2.35. The lowest BCUT2D eigenvalue weighted by atomic mass is 10.1. The molecule has 2 N–H and O–H groups in total. The summed E-state index contributed by atoms with van der Waals surface area (Å²) in [5, 5.41) is 0. The van der Waals surface area contributed by atoms with Gasteiger partial charge in [0.15, 0.2) is 0 Å². The molecule has 1 heterocycles. The highest BCUT2D eigenvalue weighted by Gasteiger charge is 2.17. The predicted molar refractivity (Wildman–Crippen MR) is 80.0 cm³/mol. The maximum Gasteiger partial charge on any atom is 0.255 e. The molecule has 0 atom stereocenters. The number of benzene rings is 1. The number of anilines is 1. The second-order valence-corrected chi connectivity index (χ2v) is 5.23. The van der Waals surface area contributed by atoms with E-state index in [1.165, 1.54) is 12.8 Å². The molecule has 0 unspecified atom stereocenters. The van der Waals surface area contributed by atoms with Crippen LogP contribution in [0.3, 0.4) is 0 Å². The van der Waals surface area contributed by atoms with E-state index in [1.807, 2.05) is 7.05 Å². The van der Waals surface area contributed by atoms with Gasteiger partial charge in [0.2, 0.25) is 0 Å². The standard InChI is InChI=1S/C15H23N3O2/c1-17(9-10-18-7-3-4-8-18)15(19)13-6-5-12(20-2)11-14(13)16/h5-6,11H,3-4,7-10,16H2,1-2H3. The van der Waals surface area contributed by atoms with Crippen molar-refractivity contribution in [3.63, 3.8) is 0 Å². The molecular formula is C15H23N3O2. The summed E-state index contributed by atoms with van der Waals surface area (Å²) < 4.78 is 5.09. The van der Waals surface area contributed by atoms with E-state index in [4.69, 9.17) is 10.5 Å². The lowest BCUT2D eigenvalue weighted by molar-refractivity contribution is 0.0783. The molecule has 1 aliphatic rings. The molecule has 0 radical (unpaired) electrons. The molecule has 1 aliphatic heterocycles. The van der Waals surface area contributed by atoms with E-state index in [-0.39, 0.29) is 5.91 Å². The van der Waals surface area contributed by atoms with Crippen molar-refractivity contribution in [3.8, 4) is 5.75 Å². The number of methoxy groups -OCH3 is 1. The van der Waals surface area contributed by atoms with Gasteiger partial charge in [-0.2, -0.15) is 0 Å². The number of nitrogen functional groups attached to an aromatic ring is 1. The number of carbonyl (C=O) groups is 1. The van der Waals surface area contributed by atoms with Gasteiger partial charge in [-0.25, -0.2) is 0 Å². The summed E-state index contributed by atoms with van der Waals surface area (Å²) in [7, 11) is 3.40. The quantitative estimate of drug-likeness (QED) is 0.828. The normalized spacial score (nSPS) is 15.3. The zero-order chi connectivity index (χ0) is 14.5. The third kappa shape index (κ3) is 3.42. The zero-order valence-corrected chi connectivity index (χ0v) is 12.3. The van der Waals surface area contributed by atoms with Crippen LogP contribution in [0.2, 0.25) is 0 Å². The van der Waals surface area contributed by atoms with Crippen LogP contribution in [0.25, 0.3) is 0 Å². The van der Waals surface area contributed by atoms with Crippen LogP contribution < -0.4 is 10.5 Å². The average molecular weight is 277 g/mol. The van der Waals surface area contributed by atoms with Crippen molar-refractivity contribution in [2.24, 2.45) is 0 Å². The zero-order valence-electron chi connectivity index (χ0n) is 12.3.